The second-order valence-corrected chi connectivity index (χ2v) is 5.80. The van der Waals surface area contributed by atoms with Crippen molar-refractivity contribution in [2.24, 2.45) is 0 Å². The summed E-state index contributed by atoms with van der Waals surface area (Å²) in [5.41, 5.74) is 3.93. The van der Waals surface area contributed by atoms with E-state index < -0.39 is 0 Å². The number of carbonyl (C=O) groups excluding carboxylic acids is 1. The van der Waals surface area contributed by atoms with Gasteiger partial charge in [0, 0.05) is 35.6 Å². The first kappa shape index (κ1) is 16.1. The van der Waals surface area contributed by atoms with Crippen LogP contribution in [0.25, 0.3) is 22.0 Å². The normalized spacial score (nSPS) is 10.9. The Morgan fingerprint density at radius 3 is 2.75 bits per heavy atom. The number of esters is 1. The zero-order valence-electron chi connectivity index (χ0n) is 14.0. The number of methoxy groups -OCH3 is 1. The molecule has 4 heteroatoms. The molecule has 1 heterocycles. The van der Waals surface area contributed by atoms with Crippen LogP contribution in [0, 0.1) is 0 Å². The average Bonchev–Trinajstić information content (AvgIpc) is 3.02. The minimum absolute atomic E-state index is 0.230. The van der Waals surface area contributed by atoms with E-state index in [1.54, 1.807) is 6.07 Å². The second-order valence-electron chi connectivity index (χ2n) is 5.80. The highest BCUT2D eigenvalue weighted by Gasteiger charge is 2.09. The topological polar surface area (TPSA) is 51.5 Å². The number of aromatic nitrogens is 1. The molecule has 1 N–H and O–H groups in total. The van der Waals surface area contributed by atoms with Gasteiger partial charge in [0.05, 0.1) is 7.11 Å². The predicted octanol–water partition coefficient (Wildman–Crippen LogP) is 4.14. The lowest BCUT2D eigenvalue weighted by Crippen LogP contribution is -2.01. The second kappa shape index (κ2) is 6.79. The van der Waals surface area contributed by atoms with E-state index in [0.717, 1.165) is 28.6 Å². The van der Waals surface area contributed by atoms with Crippen molar-refractivity contribution in [3.8, 4) is 16.9 Å². The number of fused-ring (bicyclic) bond motifs is 1. The third-order valence-corrected chi connectivity index (χ3v) is 4.33. The van der Waals surface area contributed by atoms with Gasteiger partial charge in [0.15, 0.2) is 0 Å². The maximum Gasteiger partial charge on any atom is 0.305 e. The Hall–Kier alpha value is -2.75. The van der Waals surface area contributed by atoms with E-state index in [1.165, 1.54) is 12.6 Å². The van der Waals surface area contributed by atoms with Gasteiger partial charge in [-0.2, -0.15) is 0 Å². The maximum atomic E-state index is 11.3. The summed E-state index contributed by atoms with van der Waals surface area (Å²) >= 11 is 0. The Kier molecular flexibility index (Phi) is 4.56. The lowest BCUT2D eigenvalue weighted by Gasteiger charge is -2.09. The summed E-state index contributed by atoms with van der Waals surface area (Å²) in [7, 11) is 1.39. The zero-order valence-corrected chi connectivity index (χ0v) is 14.0. The molecular formula is C20H21NO3. The van der Waals surface area contributed by atoms with Gasteiger partial charge in [-0.3, -0.25) is 4.79 Å². The maximum absolute atomic E-state index is 11.3. The summed E-state index contributed by atoms with van der Waals surface area (Å²) in [6.07, 6.45) is 2.99. The van der Waals surface area contributed by atoms with Crippen LogP contribution < -0.4 is 0 Å². The first-order valence-electron chi connectivity index (χ1n) is 8.10. The summed E-state index contributed by atoms with van der Waals surface area (Å²) in [5, 5.41) is 11.4. The van der Waals surface area contributed by atoms with Crippen LogP contribution in [0.2, 0.25) is 0 Å². The van der Waals surface area contributed by atoms with Crippen LogP contribution in [0.1, 0.15) is 18.9 Å². The van der Waals surface area contributed by atoms with Crippen LogP contribution in [0.3, 0.4) is 0 Å². The summed E-state index contributed by atoms with van der Waals surface area (Å²) in [6, 6.07) is 13.7. The molecule has 0 saturated carbocycles. The molecule has 0 spiro atoms. The van der Waals surface area contributed by atoms with Crippen LogP contribution in [0.15, 0.2) is 48.7 Å². The average molecular weight is 323 g/mol. The quantitative estimate of drug-likeness (QED) is 0.718. The molecule has 4 nitrogen and oxygen atoms in total. The third-order valence-electron chi connectivity index (χ3n) is 4.33. The Balaban J connectivity index is 1.94. The van der Waals surface area contributed by atoms with Crippen molar-refractivity contribution in [2.75, 3.05) is 7.11 Å². The van der Waals surface area contributed by atoms with E-state index in [-0.39, 0.29) is 11.7 Å². The van der Waals surface area contributed by atoms with Gasteiger partial charge in [0.2, 0.25) is 0 Å². The van der Waals surface area contributed by atoms with Crippen molar-refractivity contribution in [3.63, 3.8) is 0 Å². The molecule has 0 aliphatic heterocycles. The van der Waals surface area contributed by atoms with Crippen molar-refractivity contribution in [3.05, 3.63) is 54.2 Å². The van der Waals surface area contributed by atoms with E-state index in [9.17, 15) is 9.90 Å². The van der Waals surface area contributed by atoms with Crippen molar-refractivity contribution in [2.45, 2.75) is 26.3 Å². The number of hydrogen-bond acceptors (Lipinski definition) is 3. The molecule has 24 heavy (non-hydrogen) atoms. The number of phenols is 1. The molecule has 0 radical (unpaired) electrons. The van der Waals surface area contributed by atoms with E-state index in [0.29, 0.717) is 12.8 Å². The molecule has 1 aromatic heterocycles. The number of phenolic OH excluding ortho intramolecular Hbond substituents is 1. The van der Waals surface area contributed by atoms with E-state index >= 15 is 0 Å². The summed E-state index contributed by atoms with van der Waals surface area (Å²) in [5.74, 6) is 0.0121. The number of aryl methyl sites for hydroxylation is 2. The first-order chi connectivity index (χ1) is 11.6. The van der Waals surface area contributed by atoms with Crippen LogP contribution in [0.4, 0.5) is 0 Å². The Morgan fingerprint density at radius 2 is 2.00 bits per heavy atom. The Bertz CT molecular complexity index is 880. The van der Waals surface area contributed by atoms with Gasteiger partial charge in [-0.15, -0.1) is 0 Å². The fourth-order valence-corrected chi connectivity index (χ4v) is 2.96. The van der Waals surface area contributed by atoms with Crippen molar-refractivity contribution < 1.29 is 14.6 Å². The molecule has 2 aromatic carbocycles. The molecule has 0 bridgehead atoms. The standard InChI is InChI=1S/C20H21NO3/c1-3-21-11-10-16-13-15(6-7-18(16)21)17-12-14(4-8-19(17)22)5-9-20(23)24-2/h4,6-8,10-13,22H,3,5,9H2,1-2H3. The van der Waals surface area contributed by atoms with E-state index in [1.807, 2.05) is 18.2 Å². The highest BCUT2D eigenvalue weighted by molar-refractivity contribution is 5.87. The van der Waals surface area contributed by atoms with E-state index in [2.05, 4.69) is 40.6 Å². The fraction of sp³-hybridized carbons (Fsp3) is 0.250. The molecule has 124 valence electrons. The minimum Gasteiger partial charge on any atom is -0.507 e. The number of ether oxygens (including phenoxy) is 1. The molecule has 0 fully saturated rings. The minimum atomic E-state index is -0.230. The number of benzene rings is 2. The molecule has 0 aliphatic carbocycles. The molecule has 0 unspecified atom stereocenters. The van der Waals surface area contributed by atoms with Crippen LogP contribution in [-0.4, -0.2) is 22.8 Å². The van der Waals surface area contributed by atoms with Gasteiger partial charge < -0.3 is 14.4 Å². The van der Waals surface area contributed by atoms with Gasteiger partial charge in [-0.25, -0.2) is 0 Å². The SMILES string of the molecule is CCn1ccc2cc(-c3cc(CCC(=O)OC)ccc3O)ccc21. The molecule has 0 saturated heterocycles. The van der Waals surface area contributed by atoms with E-state index in [4.69, 9.17) is 0 Å². The van der Waals surface area contributed by atoms with Gasteiger partial charge in [-0.1, -0.05) is 12.1 Å². The van der Waals surface area contributed by atoms with Crippen LogP contribution >= 0.6 is 0 Å². The third kappa shape index (κ3) is 3.13. The number of aromatic hydroxyl groups is 1. The number of carbonyl (C=O) groups is 1. The molecule has 0 amide bonds. The first-order valence-corrected chi connectivity index (χ1v) is 8.10. The predicted molar refractivity (Wildman–Crippen MR) is 95.0 cm³/mol. The number of nitrogens with zero attached hydrogens (tertiary/aromatic N) is 1. The summed E-state index contributed by atoms with van der Waals surface area (Å²) in [6.45, 7) is 3.04. The van der Waals surface area contributed by atoms with Crippen molar-refractivity contribution in [1.82, 2.24) is 4.57 Å². The number of hydrogen-bond donors (Lipinski definition) is 1. The fourth-order valence-electron chi connectivity index (χ4n) is 2.96. The summed E-state index contributed by atoms with van der Waals surface area (Å²) < 4.78 is 6.87. The van der Waals surface area contributed by atoms with Crippen molar-refractivity contribution in [1.29, 1.82) is 0 Å². The Labute approximate surface area is 141 Å². The highest BCUT2D eigenvalue weighted by Crippen LogP contribution is 2.32. The lowest BCUT2D eigenvalue weighted by atomic mass is 9.99. The zero-order chi connectivity index (χ0) is 17.1. The van der Waals surface area contributed by atoms with Gasteiger partial charge in [-0.05, 0) is 54.8 Å². The van der Waals surface area contributed by atoms with Crippen LogP contribution in [-0.2, 0) is 22.5 Å². The van der Waals surface area contributed by atoms with Crippen LogP contribution in [0.5, 0.6) is 5.75 Å². The monoisotopic (exact) mass is 323 g/mol. The lowest BCUT2D eigenvalue weighted by molar-refractivity contribution is -0.140. The van der Waals surface area contributed by atoms with Crippen molar-refractivity contribution >= 4 is 16.9 Å². The highest BCUT2D eigenvalue weighted by atomic mass is 16.5. The molecule has 0 aliphatic rings. The molecular weight excluding hydrogens is 302 g/mol. The van der Waals surface area contributed by atoms with Gasteiger partial charge in [0.1, 0.15) is 5.75 Å². The smallest absolute Gasteiger partial charge is 0.305 e. The Morgan fingerprint density at radius 1 is 1.17 bits per heavy atom. The molecule has 3 aromatic rings. The largest absolute Gasteiger partial charge is 0.507 e. The summed E-state index contributed by atoms with van der Waals surface area (Å²) in [4.78, 5) is 11.3. The van der Waals surface area contributed by atoms with Gasteiger partial charge in [0.25, 0.3) is 0 Å². The number of rotatable bonds is 5. The molecule has 3 rings (SSSR count). The van der Waals surface area contributed by atoms with Gasteiger partial charge >= 0.3 is 5.97 Å². The molecule has 0 atom stereocenters.